The first kappa shape index (κ1) is 14.8. The van der Waals surface area contributed by atoms with Crippen molar-refractivity contribution in [1.29, 1.82) is 0 Å². The van der Waals surface area contributed by atoms with Crippen LogP contribution in [0.1, 0.15) is 12.0 Å². The quantitative estimate of drug-likeness (QED) is 0.724. The van der Waals surface area contributed by atoms with E-state index in [1.807, 2.05) is 65.6 Å². The highest BCUT2D eigenvalue weighted by Crippen LogP contribution is 2.28. The molecular weight excluding hydrogens is 298 g/mol. The summed E-state index contributed by atoms with van der Waals surface area (Å²) in [6.45, 7) is 0.817. The van der Waals surface area contributed by atoms with Gasteiger partial charge >= 0.3 is 0 Å². The van der Waals surface area contributed by atoms with E-state index >= 15 is 0 Å². The molecule has 0 N–H and O–H groups in total. The standard InChI is InChI=1S/C21H19NO2/c23-21(22-14-6-10-17-8-2-4-12-19(17)22)15-24-20-13-5-9-16-7-1-3-11-18(16)20/h1-5,7-9,11-13H,6,10,14-15H2. The maximum absolute atomic E-state index is 12.7. The van der Waals surface area contributed by atoms with E-state index in [1.54, 1.807) is 0 Å². The number of fused-ring (bicyclic) bond motifs is 2. The summed E-state index contributed by atoms with van der Waals surface area (Å²) in [7, 11) is 0. The first-order chi connectivity index (χ1) is 11.8. The zero-order valence-electron chi connectivity index (χ0n) is 13.4. The minimum atomic E-state index is 0.00934. The SMILES string of the molecule is O=C(COc1cccc2ccccc12)N1CCCc2ccccc21. The zero-order chi connectivity index (χ0) is 16.4. The van der Waals surface area contributed by atoms with Crippen LogP contribution in [0.3, 0.4) is 0 Å². The smallest absolute Gasteiger partial charge is 0.264 e. The molecule has 0 aromatic heterocycles. The molecule has 0 unspecified atom stereocenters. The molecule has 1 aliphatic rings. The molecule has 3 nitrogen and oxygen atoms in total. The van der Waals surface area contributed by atoms with Gasteiger partial charge in [0.2, 0.25) is 0 Å². The van der Waals surface area contributed by atoms with Crippen LogP contribution < -0.4 is 9.64 Å². The molecular formula is C21H19NO2. The summed E-state index contributed by atoms with van der Waals surface area (Å²) in [5, 5.41) is 2.15. The molecule has 0 spiro atoms. The van der Waals surface area contributed by atoms with Crippen molar-refractivity contribution in [2.75, 3.05) is 18.1 Å². The molecule has 1 aliphatic heterocycles. The number of aryl methyl sites for hydroxylation is 1. The lowest BCUT2D eigenvalue weighted by Crippen LogP contribution is -2.38. The number of rotatable bonds is 3. The maximum atomic E-state index is 12.7. The van der Waals surface area contributed by atoms with Crippen LogP contribution in [0, 0.1) is 0 Å². The average molecular weight is 317 g/mol. The van der Waals surface area contributed by atoms with E-state index in [-0.39, 0.29) is 12.5 Å². The van der Waals surface area contributed by atoms with Crippen molar-refractivity contribution >= 4 is 22.4 Å². The second-order valence-electron chi connectivity index (χ2n) is 6.04. The Bertz CT molecular complexity index is 882. The molecule has 0 atom stereocenters. The predicted molar refractivity (Wildman–Crippen MR) is 96.6 cm³/mol. The third kappa shape index (κ3) is 2.73. The monoisotopic (exact) mass is 317 g/mol. The number of ether oxygens (including phenoxy) is 1. The second kappa shape index (κ2) is 6.36. The highest BCUT2D eigenvalue weighted by atomic mass is 16.5. The van der Waals surface area contributed by atoms with Crippen LogP contribution in [0.4, 0.5) is 5.69 Å². The van der Waals surface area contributed by atoms with E-state index in [9.17, 15) is 4.79 Å². The van der Waals surface area contributed by atoms with Gasteiger partial charge in [0, 0.05) is 17.6 Å². The Morgan fingerprint density at radius 1 is 0.958 bits per heavy atom. The Kier molecular flexibility index (Phi) is 3.91. The van der Waals surface area contributed by atoms with Crippen molar-refractivity contribution in [2.45, 2.75) is 12.8 Å². The number of carbonyl (C=O) groups excluding carboxylic acids is 1. The molecule has 0 aliphatic carbocycles. The van der Waals surface area contributed by atoms with Gasteiger partial charge in [-0.1, -0.05) is 54.6 Å². The summed E-state index contributed by atoms with van der Waals surface area (Å²) >= 11 is 0. The molecule has 0 radical (unpaired) electrons. The highest BCUT2D eigenvalue weighted by molar-refractivity contribution is 5.96. The topological polar surface area (TPSA) is 29.5 Å². The Labute approximate surface area is 141 Å². The number of carbonyl (C=O) groups is 1. The number of anilines is 1. The van der Waals surface area contributed by atoms with E-state index in [0.717, 1.165) is 41.6 Å². The van der Waals surface area contributed by atoms with Crippen LogP contribution in [-0.4, -0.2) is 19.1 Å². The van der Waals surface area contributed by atoms with Gasteiger partial charge in [0.15, 0.2) is 6.61 Å². The molecule has 1 amide bonds. The van der Waals surface area contributed by atoms with Gasteiger partial charge in [-0.3, -0.25) is 4.79 Å². The van der Waals surface area contributed by atoms with E-state index in [1.165, 1.54) is 5.56 Å². The van der Waals surface area contributed by atoms with Crippen molar-refractivity contribution in [2.24, 2.45) is 0 Å². The second-order valence-corrected chi connectivity index (χ2v) is 6.04. The van der Waals surface area contributed by atoms with Crippen molar-refractivity contribution in [3.63, 3.8) is 0 Å². The Morgan fingerprint density at radius 3 is 2.71 bits per heavy atom. The number of nitrogens with zero attached hydrogens (tertiary/aromatic N) is 1. The Hall–Kier alpha value is -2.81. The van der Waals surface area contributed by atoms with E-state index in [2.05, 4.69) is 6.07 Å². The first-order valence-electron chi connectivity index (χ1n) is 8.32. The number of hydrogen-bond donors (Lipinski definition) is 0. The van der Waals surface area contributed by atoms with Crippen LogP contribution in [-0.2, 0) is 11.2 Å². The van der Waals surface area contributed by atoms with Gasteiger partial charge in [0.1, 0.15) is 5.75 Å². The minimum absolute atomic E-state index is 0.00934. The predicted octanol–water partition coefficient (Wildman–Crippen LogP) is 4.20. The molecule has 3 heteroatoms. The molecule has 0 fully saturated rings. The third-order valence-electron chi connectivity index (χ3n) is 4.51. The van der Waals surface area contributed by atoms with Gasteiger partial charge < -0.3 is 9.64 Å². The number of para-hydroxylation sites is 1. The lowest BCUT2D eigenvalue weighted by atomic mass is 10.0. The lowest BCUT2D eigenvalue weighted by Gasteiger charge is -2.29. The van der Waals surface area contributed by atoms with Crippen LogP contribution >= 0.6 is 0 Å². The number of hydrogen-bond acceptors (Lipinski definition) is 2. The van der Waals surface area contributed by atoms with Gasteiger partial charge in [-0.05, 0) is 35.9 Å². The molecule has 1 heterocycles. The Morgan fingerprint density at radius 2 is 1.75 bits per heavy atom. The van der Waals surface area contributed by atoms with Crippen LogP contribution in [0.5, 0.6) is 5.75 Å². The normalized spacial score (nSPS) is 13.6. The number of benzene rings is 3. The van der Waals surface area contributed by atoms with Crippen LogP contribution in [0.2, 0.25) is 0 Å². The number of amides is 1. The Balaban J connectivity index is 1.53. The first-order valence-corrected chi connectivity index (χ1v) is 8.32. The fourth-order valence-electron chi connectivity index (χ4n) is 3.33. The molecule has 4 rings (SSSR count). The van der Waals surface area contributed by atoms with E-state index < -0.39 is 0 Å². The average Bonchev–Trinajstić information content (AvgIpc) is 2.65. The molecule has 24 heavy (non-hydrogen) atoms. The van der Waals surface area contributed by atoms with Crippen LogP contribution in [0.25, 0.3) is 10.8 Å². The van der Waals surface area contributed by atoms with Gasteiger partial charge in [-0.15, -0.1) is 0 Å². The van der Waals surface area contributed by atoms with Gasteiger partial charge in [-0.25, -0.2) is 0 Å². The van der Waals surface area contributed by atoms with Gasteiger partial charge in [0.25, 0.3) is 5.91 Å². The summed E-state index contributed by atoms with van der Waals surface area (Å²) in [4.78, 5) is 14.5. The lowest BCUT2D eigenvalue weighted by molar-refractivity contribution is -0.120. The summed E-state index contributed by atoms with van der Waals surface area (Å²) in [5.41, 5.74) is 2.26. The molecule has 120 valence electrons. The van der Waals surface area contributed by atoms with Gasteiger partial charge in [0.05, 0.1) is 0 Å². The summed E-state index contributed by atoms with van der Waals surface area (Å²) in [5.74, 6) is 0.766. The summed E-state index contributed by atoms with van der Waals surface area (Å²) < 4.78 is 5.86. The molecule has 0 saturated carbocycles. The van der Waals surface area contributed by atoms with Crippen molar-refractivity contribution in [1.82, 2.24) is 0 Å². The fourth-order valence-corrected chi connectivity index (χ4v) is 3.33. The maximum Gasteiger partial charge on any atom is 0.264 e. The van der Waals surface area contributed by atoms with Crippen molar-refractivity contribution in [3.05, 3.63) is 72.3 Å². The van der Waals surface area contributed by atoms with E-state index in [4.69, 9.17) is 4.74 Å². The fraction of sp³-hybridized carbons (Fsp3) is 0.190. The highest BCUT2D eigenvalue weighted by Gasteiger charge is 2.22. The van der Waals surface area contributed by atoms with Crippen LogP contribution in [0.15, 0.2) is 66.7 Å². The summed E-state index contributed by atoms with van der Waals surface area (Å²) in [6.07, 6.45) is 2.03. The molecule has 3 aromatic rings. The van der Waals surface area contributed by atoms with Crippen molar-refractivity contribution in [3.8, 4) is 5.75 Å². The zero-order valence-corrected chi connectivity index (χ0v) is 13.4. The molecule has 3 aromatic carbocycles. The minimum Gasteiger partial charge on any atom is -0.483 e. The summed E-state index contributed by atoms with van der Waals surface area (Å²) in [6, 6.07) is 22.1. The van der Waals surface area contributed by atoms with Crippen molar-refractivity contribution < 1.29 is 9.53 Å². The molecule has 0 saturated heterocycles. The van der Waals surface area contributed by atoms with E-state index in [0.29, 0.717) is 0 Å². The molecule has 0 bridgehead atoms. The van der Waals surface area contributed by atoms with Gasteiger partial charge in [-0.2, -0.15) is 0 Å². The largest absolute Gasteiger partial charge is 0.483 e. The third-order valence-corrected chi connectivity index (χ3v) is 4.51.